The van der Waals surface area contributed by atoms with Crippen LogP contribution >= 0.6 is 0 Å². The number of benzene rings is 2. The highest BCUT2D eigenvalue weighted by Gasteiger charge is 2.38. The van der Waals surface area contributed by atoms with Crippen LogP contribution in [0.5, 0.6) is 0 Å². The number of piperidine rings is 2. The number of rotatable bonds is 7. The van der Waals surface area contributed by atoms with E-state index in [-0.39, 0.29) is 17.6 Å². The largest absolute Gasteiger partial charge is 0.423 e. The molecule has 4 rings (SSSR count). The van der Waals surface area contributed by atoms with Gasteiger partial charge >= 0.3 is 12.4 Å². The van der Waals surface area contributed by atoms with Crippen molar-refractivity contribution in [3.05, 3.63) is 63.7 Å². The third-order valence-corrected chi connectivity index (χ3v) is 7.64. The van der Waals surface area contributed by atoms with Crippen LogP contribution in [-0.2, 0) is 17.1 Å². The molecule has 2 aliphatic rings. The highest BCUT2D eigenvalue weighted by molar-refractivity contribution is 5.76. The molecule has 2 saturated heterocycles. The molecular formula is C27H30F6N4O3. The number of nitrogens with one attached hydrogen (secondary N) is 1. The van der Waals surface area contributed by atoms with Gasteiger partial charge < -0.3 is 15.1 Å². The van der Waals surface area contributed by atoms with Gasteiger partial charge in [0.05, 0.1) is 10.5 Å². The van der Waals surface area contributed by atoms with E-state index in [0.717, 1.165) is 31.0 Å². The van der Waals surface area contributed by atoms with E-state index in [2.05, 4.69) is 5.32 Å². The molecule has 0 saturated carbocycles. The minimum absolute atomic E-state index is 0.00783. The Hall–Kier alpha value is -3.51. The van der Waals surface area contributed by atoms with Gasteiger partial charge in [0.25, 0.3) is 5.69 Å². The Kier molecular flexibility index (Phi) is 8.79. The molecule has 0 aromatic heterocycles. The van der Waals surface area contributed by atoms with Gasteiger partial charge in [0, 0.05) is 56.1 Å². The Balaban J connectivity index is 1.21. The molecule has 0 unspecified atom stereocenters. The van der Waals surface area contributed by atoms with Gasteiger partial charge in [-0.2, -0.15) is 26.3 Å². The van der Waals surface area contributed by atoms with Crippen molar-refractivity contribution in [1.82, 2.24) is 4.90 Å². The first-order valence-electron chi connectivity index (χ1n) is 13.1. The predicted molar refractivity (Wildman–Crippen MR) is 137 cm³/mol. The average molecular weight is 573 g/mol. The fourth-order valence-corrected chi connectivity index (χ4v) is 5.37. The SMILES string of the molecule is O=C(CCC1CCN(c2cccc(C(F)(F)F)c2)CC1)N1CCC(Nc2ccc([N+](=O)[O-])c(C(F)(F)F)c2)CC1. The minimum Gasteiger partial charge on any atom is -0.382 e. The van der Waals surface area contributed by atoms with Gasteiger partial charge in [-0.3, -0.25) is 14.9 Å². The number of halogens is 6. The number of alkyl halides is 6. The van der Waals surface area contributed by atoms with Crippen molar-refractivity contribution >= 4 is 23.0 Å². The highest BCUT2D eigenvalue weighted by atomic mass is 19.4. The van der Waals surface area contributed by atoms with Crippen molar-refractivity contribution in [2.75, 3.05) is 36.4 Å². The molecule has 0 radical (unpaired) electrons. The number of nitro groups is 1. The lowest BCUT2D eigenvalue weighted by molar-refractivity contribution is -0.388. The number of carbonyl (C=O) groups excluding carboxylic acids is 1. The summed E-state index contributed by atoms with van der Waals surface area (Å²) in [5, 5.41) is 14.0. The summed E-state index contributed by atoms with van der Waals surface area (Å²) >= 11 is 0. The van der Waals surface area contributed by atoms with E-state index in [1.165, 1.54) is 18.2 Å². The summed E-state index contributed by atoms with van der Waals surface area (Å²) < 4.78 is 78.8. The number of carbonyl (C=O) groups is 1. The molecule has 1 N–H and O–H groups in total. The summed E-state index contributed by atoms with van der Waals surface area (Å²) in [6.07, 6.45) is -5.57. The van der Waals surface area contributed by atoms with E-state index < -0.39 is 34.1 Å². The van der Waals surface area contributed by atoms with Crippen molar-refractivity contribution < 1.29 is 36.1 Å². The second-order valence-corrected chi connectivity index (χ2v) is 10.3. The van der Waals surface area contributed by atoms with Gasteiger partial charge in [-0.1, -0.05) is 6.07 Å². The van der Waals surface area contributed by atoms with Gasteiger partial charge in [0.2, 0.25) is 5.91 Å². The molecule has 2 aromatic rings. The fourth-order valence-electron chi connectivity index (χ4n) is 5.37. The number of nitrogens with zero attached hydrogens (tertiary/aromatic N) is 3. The van der Waals surface area contributed by atoms with Crippen LogP contribution in [0.4, 0.5) is 43.4 Å². The van der Waals surface area contributed by atoms with Crippen molar-refractivity contribution in [1.29, 1.82) is 0 Å². The van der Waals surface area contributed by atoms with E-state index in [1.54, 1.807) is 11.0 Å². The van der Waals surface area contributed by atoms with Crippen LogP contribution in [0.15, 0.2) is 42.5 Å². The Morgan fingerprint density at radius 1 is 0.925 bits per heavy atom. The zero-order valence-corrected chi connectivity index (χ0v) is 21.6. The zero-order valence-electron chi connectivity index (χ0n) is 21.6. The van der Waals surface area contributed by atoms with Crippen LogP contribution in [0.25, 0.3) is 0 Å². The molecule has 0 aliphatic carbocycles. The lowest BCUT2D eigenvalue weighted by Crippen LogP contribution is -2.42. The smallest absolute Gasteiger partial charge is 0.382 e. The van der Waals surface area contributed by atoms with Gasteiger partial charge in [0.15, 0.2) is 0 Å². The van der Waals surface area contributed by atoms with E-state index >= 15 is 0 Å². The maximum absolute atomic E-state index is 13.2. The summed E-state index contributed by atoms with van der Waals surface area (Å²) in [4.78, 5) is 26.4. The number of hydrogen-bond donors (Lipinski definition) is 1. The van der Waals surface area contributed by atoms with E-state index in [9.17, 15) is 41.3 Å². The molecule has 0 atom stereocenters. The van der Waals surface area contributed by atoms with Crippen molar-refractivity contribution in [2.45, 2.75) is 56.9 Å². The van der Waals surface area contributed by atoms with Gasteiger partial charge in [-0.15, -0.1) is 0 Å². The van der Waals surface area contributed by atoms with Crippen LogP contribution in [0, 0.1) is 16.0 Å². The van der Waals surface area contributed by atoms with E-state index in [1.807, 2.05) is 4.90 Å². The molecule has 2 aromatic carbocycles. The molecule has 7 nitrogen and oxygen atoms in total. The van der Waals surface area contributed by atoms with E-state index in [4.69, 9.17) is 0 Å². The molecule has 2 aliphatic heterocycles. The standard InChI is InChI=1S/C27H30F6N4O3/c28-26(29,30)19-2-1-3-22(16-19)35-12-8-18(9-13-35)4-7-25(38)36-14-10-20(11-15-36)34-21-5-6-24(37(39)40)23(17-21)27(31,32)33/h1-3,5-6,16-18,20,34H,4,7-15H2. The first kappa shape index (κ1) is 29.5. The molecule has 1 amide bonds. The molecule has 218 valence electrons. The van der Waals surface area contributed by atoms with Crippen LogP contribution in [0.1, 0.15) is 49.7 Å². The second-order valence-electron chi connectivity index (χ2n) is 10.3. The molecule has 40 heavy (non-hydrogen) atoms. The predicted octanol–water partition coefficient (Wildman–Crippen LogP) is 6.73. The maximum atomic E-state index is 13.2. The van der Waals surface area contributed by atoms with Gasteiger partial charge in [-0.05, 0) is 68.4 Å². The first-order valence-corrected chi connectivity index (χ1v) is 13.1. The molecule has 13 heteroatoms. The fraction of sp³-hybridized carbons (Fsp3) is 0.519. The average Bonchev–Trinajstić information content (AvgIpc) is 2.91. The summed E-state index contributed by atoms with van der Waals surface area (Å²) in [6.45, 7) is 2.14. The lowest BCUT2D eigenvalue weighted by atomic mass is 9.91. The summed E-state index contributed by atoms with van der Waals surface area (Å²) in [5.74, 6) is 0.309. The Labute approximate surface area is 227 Å². The summed E-state index contributed by atoms with van der Waals surface area (Å²) in [5.41, 5.74) is -2.30. The number of nitro benzene ring substituents is 1. The number of amides is 1. The summed E-state index contributed by atoms with van der Waals surface area (Å²) in [7, 11) is 0. The van der Waals surface area contributed by atoms with E-state index in [0.29, 0.717) is 63.5 Å². The first-order chi connectivity index (χ1) is 18.8. The number of likely N-dealkylation sites (tertiary alicyclic amines) is 1. The second kappa shape index (κ2) is 11.9. The molecule has 0 spiro atoms. The summed E-state index contributed by atoms with van der Waals surface area (Å²) in [6, 6.07) is 7.97. The molecule has 2 fully saturated rings. The molecule has 0 bridgehead atoms. The van der Waals surface area contributed by atoms with Gasteiger partial charge in [-0.25, -0.2) is 0 Å². The van der Waals surface area contributed by atoms with Gasteiger partial charge in [0.1, 0.15) is 5.56 Å². The Bertz CT molecular complexity index is 1200. The third kappa shape index (κ3) is 7.36. The van der Waals surface area contributed by atoms with Crippen molar-refractivity contribution in [2.24, 2.45) is 5.92 Å². The molecule has 2 heterocycles. The Morgan fingerprint density at radius 2 is 1.60 bits per heavy atom. The quantitative estimate of drug-likeness (QED) is 0.226. The number of anilines is 2. The van der Waals surface area contributed by atoms with Crippen molar-refractivity contribution in [3.63, 3.8) is 0 Å². The highest BCUT2D eigenvalue weighted by Crippen LogP contribution is 2.38. The van der Waals surface area contributed by atoms with Crippen LogP contribution in [0.2, 0.25) is 0 Å². The van der Waals surface area contributed by atoms with Crippen molar-refractivity contribution in [3.8, 4) is 0 Å². The minimum atomic E-state index is -4.86. The third-order valence-electron chi connectivity index (χ3n) is 7.64. The normalized spacial score (nSPS) is 17.6. The Morgan fingerprint density at radius 3 is 2.20 bits per heavy atom. The van der Waals surface area contributed by atoms with Crippen LogP contribution in [0.3, 0.4) is 0 Å². The van der Waals surface area contributed by atoms with Crippen LogP contribution < -0.4 is 10.2 Å². The van der Waals surface area contributed by atoms with Crippen LogP contribution in [-0.4, -0.2) is 48.0 Å². The maximum Gasteiger partial charge on any atom is 0.423 e. The lowest BCUT2D eigenvalue weighted by Gasteiger charge is -2.35. The zero-order chi connectivity index (χ0) is 29.1. The number of hydrogen-bond acceptors (Lipinski definition) is 5. The monoisotopic (exact) mass is 572 g/mol. The molecular weight excluding hydrogens is 542 g/mol. The topological polar surface area (TPSA) is 78.7 Å².